The number of anilines is 1. The predicted octanol–water partition coefficient (Wildman–Crippen LogP) is 2.39. The van der Waals surface area contributed by atoms with Gasteiger partial charge in [0.2, 0.25) is 0 Å². The van der Waals surface area contributed by atoms with Gasteiger partial charge in [0.1, 0.15) is 5.56 Å². The van der Waals surface area contributed by atoms with Crippen LogP contribution >= 0.6 is 0 Å². The molecule has 116 valence electrons. The zero-order chi connectivity index (χ0) is 15.5. The molecule has 0 radical (unpaired) electrons. The Hall–Kier alpha value is -1.62. The fraction of sp³-hybridized carbons (Fsp3) is 0.625. The van der Waals surface area contributed by atoms with Gasteiger partial charge in [-0.3, -0.25) is 4.98 Å². The lowest BCUT2D eigenvalue weighted by molar-refractivity contribution is 0.0525. The Morgan fingerprint density at radius 1 is 1.38 bits per heavy atom. The van der Waals surface area contributed by atoms with Crippen molar-refractivity contribution >= 4 is 11.7 Å². The SMILES string of the molecule is CCOC(=O)c1cnc(C(C)(C)C)cc1N1CCOCC1. The highest BCUT2D eigenvalue weighted by Crippen LogP contribution is 2.28. The molecule has 0 aliphatic carbocycles. The predicted molar refractivity (Wildman–Crippen MR) is 81.9 cm³/mol. The van der Waals surface area contributed by atoms with Crippen molar-refractivity contribution in [1.29, 1.82) is 0 Å². The molecule has 0 N–H and O–H groups in total. The first-order chi connectivity index (χ1) is 9.93. The Morgan fingerprint density at radius 2 is 2.05 bits per heavy atom. The molecule has 5 nitrogen and oxygen atoms in total. The van der Waals surface area contributed by atoms with Gasteiger partial charge in [-0.15, -0.1) is 0 Å². The van der Waals surface area contributed by atoms with Crippen LogP contribution in [0.15, 0.2) is 12.3 Å². The van der Waals surface area contributed by atoms with Crippen LogP contribution in [0.25, 0.3) is 0 Å². The molecule has 1 saturated heterocycles. The van der Waals surface area contributed by atoms with Gasteiger partial charge in [-0.25, -0.2) is 4.79 Å². The summed E-state index contributed by atoms with van der Waals surface area (Å²) in [7, 11) is 0. The third-order valence-corrected chi connectivity index (χ3v) is 3.50. The van der Waals surface area contributed by atoms with E-state index in [0.29, 0.717) is 25.4 Å². The zero-order valence-corrected chi connectivity index (χ0v) is 13.3. The number of carbonyl (C=O) groups is 1. The van der Waals surface area contributed by atoms with E-state index in [1.807, 2.05) is 13.0 Å². The van der Waals surface area contributed by atoms with E-state index in [9.17, 15) is 4.79 Å². The molecule has 1 aromatic heterocycles. The van der Waals surface area contributed by atoms with Gasteiger partial charge in [-0.2, -0.15) is 0 Å². The molecular formula is C16H24N2O3. The summed E-state index contributed by atoms with van der Waals surface area (Å²) in [5.74, 6) is -0.313. The number of hydrogen-bond donors (Lipinski definition) is 0. The van der Waals surface area contributed by atoms with E-state index in [0.717, 1.165) is 24.5 Å². The highest BCUT2D eigenvalue weighted by Gasteiger charge is 2.24. The highest BCUT2D eigenvalue weighted by atomic mass is 16.5. The maximum atomic E-state index is 12.1. The van der Waals surface area contributed by atoms with Crippen LogP contribution in [-0.2, 0) is 14.9 Å². The van der Waals surface area contributed by atoms with Gasteiger partial charge >= 0.3 is 5.97 Å². The van der Waals surface area contributed by atoms with Crippen LogP contribution in [0.4, 0.5) is 5.69 Å². The third-order valence-electron chi connectivity index (χ3n) is 3.50. The van der Waals surface area contributed by atoms with Gasteiger partial charge in [0.05, 0.1) is 25.5 Å². The summed E-state index contributed by atoms with van der Waals surface area (Å²) >= 11 is 0. The second-order valence-corrected chi connectivity index (χ2v) is 6.16. The molecule has 2 rings (SSSR count). The first kappa shape index (κ1) is 15.8. The van der Waals surface area contributed by atoms with Gasteiger partial charge in [0.25, 0.3) is 0 Å². The van der Waals surface area contributed by atoms with Gasteiger partial charge in [0.15, 0.2) is 0 Å². The van der Waals surface area contributed by atoms with Crippen LogP contribution in [0, 0.1) is 0 Å². The molecule has 1 aromatic rings. The first-order valence-corrected chi connectivity index (χ1v) is 7.44. The second-order valence-electron chi connectivity index (χ2n) is 6.16. The maximum absolute atomic E-state index is 12.1. The number of carbonyl (C=O) groups excluding carboxylic acids is 1. The Kier molecular flexibility index (Phi) is 4.83. The van der Waals surface area contributed by atoms with E-state index >= 15 is 0 Å². The molecule has 5 heteroatoms. The smallest absolute Gasteiger partial charge is 0.341 e. The van der Waals surface area contributed by atoms with Gasteiger partial charge < -0.3 is 14.4 Å². The van der Waals surface area contributed by atoms with E-state index in [1.54, 1.807) is 6.20 Å². The molecule has 21 heavy (non-hydrogen) atoms. The topological polar surface area (TPSA) is 51.7 Å². The van der Waals surface area contributed by atoms with Crippen molar-refractivity contribution in [3.8, 4) is 0 Å². The number of hydrogen-bond acceptors (Lipinski definition) is 5. The fourth-order valence-electron chi connectivity index (χ4n) is 2.29. The number of aromatic nitrogens is 1. The van der Waals surface area contributed by atoms with Gasteiger partial charge in [0, 0.05) is 30.4 Å². The largest absolute Gasteiger partial charge is 0.462 e. The van der Waals surface area contributed by atoms with Crippen molar-refractivity contribution in [2.75, 3.05) is 37.8 Å². The molecule has 0 bridgehead atoms. The Morgan fingerprint density at radius 3 is 2.62 bits per heavy atom. The molecule has 0 atom stereocenters. The summed E-state index contributed by atoms with van der Waals surface area (Å²) in [6.07, 6.45) is 1.64. The van der Waals surface area contributed by atoms with E-state index in [-0.39, 0.29) is 11.4 Å². The highest BCUT2D eigenvalue weighted by molar-refractivity contribution is 5.95. The summed E-state index contributed by atoms with van der Waals surface area (Å²) < 4.78 is 10.5. The van der Waals surface area contributed by atoms with Crippen molar-refractivity contribution in [3.05, 3.63) is 23.5 Å². The van der Waals surface area contributed by atoms with Crippen LogP contribution in [0.1, 0.15) is 43.7 Å². The van der Waals surface area contributed by atoms with Crippen LogP contribution < -0.4 is 4.90 Å². The van der Waals surface area contributed by atoms with Crippen molar-refractivity contribution in [2.24, 2.45) is 0 Å². The normalized spacial score (nSPS) is 15.9. The minimum atomic E-state index is -0.313. The molecule has 1 aliphatic heterocycles. The van der Waals surface area contributed by atoms with Gasteiger partial charge in [-0.05, 0) is 13.0 Å². The number of morpholine rings is 1. The lowest BCUT2D eigenvalue weighted by Crippen LogP contribution is -2.37. The molecule has 2 heterocycles. The van der Waals surface area contributed by atoms with E-state index in [1.165, 1.54) is 0 Å². The molecule has 0 aromatic carbocycles. The van der Waals surface area contributed by atoms with Crippen molar-refractivity contribution in [1.82, 2.24) is 4.98 Å². The van der Waals surface area contributed by atoms with E-state index in [2.05, 4.69) is 30.7 Å². The van der Waals surface area contributed by atoms with Crippen LogP contribution in [0.3, 0.4) is 0 Å². The lowest BCUT2D eigenvalue weighted by Gasteiger charge is -2.31. The van der Waals surface area contributed by atoms with Crippen molar-refractivity contribution in [3.63, 3.8) is 0 Å². The molecule has 0 amide bonds. The Labute approximate surface area is 126 Å². The summed E-state index contributed by atoms with van der Waals surface area (Å²) in [5.41, 5.74) is 2.34. The number of esters is 1. The summed E-state index contributed by atoms with van der Waals surface area (Å²) in [4.78, 5) is 18.8. The monoisotopic (exact) mass is 292 g/mol. The summed E-state index contributed by atoms with van der Waals surface area (Å²) in [5, 5.41) is 0. The number of rotatable bonds is 3. The number of pyridine rings is 1. The molecule has 0 unspecified atom stereocenters. The first-order valence-electron chi connectivity index (χ1n) is 7.44. The Bertz CT molecular complexity index is 503. The lowest BCUT2D eigenvalue weighted by atomic mass is 9.91. The second kappa shape index (κ2) is 6.43. The average molecular weight is 292 g/mol. The molecule has 0 spiro atoms. The van der Waals surface area contributed by atoms with Crippen molar-refractivity contribution in [2.45, 2.75) is 33.1 Å². The van der Waals surface area contributed by atoms with Crippen LogP contribution in [0.2, 0.25) is 0 Å². The molecular weight excluding hydrogens is 268 g/mol. The van der Waals surface area contributed by atoms with Crippen LogP contribution in [-0.4, -0.2) is 43.9 Å². The van der Waals surface area contributed by atoms with Crippen molar-refractivity contribution < 1.29 is 14.3 Å². The molecule has 1 fully saturated rings. The fourth-order valence-corrected chi connectivity index (χ4v) is 2.29. The number of nitrogens with zero attached hydrogens (tertiary/aromatic N) is 2. The summed E-state index contributed by atoms with van der Waals surface area (Å²) in [6, 6.07) is 2.01. The quantitative estimate of drug-likeness (QED) is 0.801. The zero-order valence-electron chi connectivity index (χ0n) is 13.3. The molecule has 1 aliphatic rings. The third kappa shape index (κ3) is 3.73. The van der Waals surface area contributed by atoms with E-state index < -0.39 is 0 Å². The summed E-state index contributed by atoms with van der Waals surface area (Å²) in [6.45, 7) is 11.4. The standard InChI is InChI=1S/C16H24N2O3/c1-5-21-15(19)12-11-17-14(16(2,3)4)10-13(12)18-6-8-20-9-7-18/h10-11H,5-9H2,1-4H3. The molecule has 0 saturated carbocycles. The average Bonchev–Trinajstić information content (AvgIpc) is 2.47. The van der Waals surface area contributed by atoms with Crippen LogP contribution in [0.5, 0.6) is 0 Å². The maximum Gasteiger partial charge on any atom is 0.341 e. The van der Waals surface area contributed by atoms with Gasteiger partial charge in [-0.1, -0.05) is 20.8 Å². The van der Waals surface area contributed by atoms with E-state index in [4.69, 9.17) is 9.47 Å². The number of ether oxygens (including phenoxy) is 2. The Balaban J connectivity index is 2.41. The minimum absolute atomic E-state index is 0.0613. The minimum Gasteiger partial charge on any atom is -0.462 e.